The van der Waals surface area contributed by atoms with Gasteiger partial charge in [-0.05, 0) is 19.1 Å². The zero-order chi connectivity index (χ0) is 14.4. The molecule has 3 N–H and O–H groups in total. The van der Waals surface area contributed by atoms with Crippen LogP contribution in [0.5, 0.6) is 11.5 Å². The van der Waals surface area contributed by atoms with Crippen molar-refractivity contribution in [3.8, 4) is 11.5 Å². The first-order chi connectivity index (χ1) is 9.04. The van der Waals surface area contributed by atoms with Crippen LogP contribution in [0.2, 0.25) is 0 Å². The predicted octanol–water partition coefficient (Wildman–Crippen LogP) is 1.22. The summed E-state index contributed by atoms with van der Waals surface area (Å²) in [5.41, 5.74) is 7.29. The summed E-state index contributed by atoms with van der Waals surface area (Å²) in [5, 5.41) is 2.85. The van der Waals surface area contributed by atoms with Gasteiger partial charge in [0.15, 0.2) is 0 Å². The molecule has 0 aliphatic heterocycles. The van der Waals surface area contributed by atoms with Gasteiger partial charge in [-0.3, -0.25) is 4.79 Å². The van der Waals surface area contributed by atoms with Gasteiger partial charge in [-0.2, -0.15) is 0 Å². The summed E-state index contributed by atoms with van der Waals surface area (Å²) in [6.45, 7) is 4.47. The standard InChI is InChI=1S/C14H22N2O3/c1-9(7-15)14(17)16-8-11-5-6-12(18-3)10(2)13(11)19-4/h5-6,9H,7-8,15H2,1-4H3,(H,16,17). The smallest absolute Gasteiger partial charge is 0.224 e. The largest absolute Gasteiger partial charge is 0.496 e. The lowest BCUT2D eigenvalue weighted by molar-refractivity contribution is -0.124. The first-order valence-electron chi connectivity index (χ1n) is 6.23. The zero-order valence-corrected chi connectivity index (χ0v) is 11.9. The predicted molar refractivity (Wildman–Crippen MR) is 74.3 cm³/mol. The van der Waals surface area contributed by atoms with E-state index in [0.29, 0.717) is 13.1 Å². The summed E-state index contributed by atoms with van der Waals surface area (Å²) in [5.74, 6) is 1.26. The van der Waals surface area contributed by atoms with Crippen molar-refractivity contribution in [1.82, 2.24) is 5.32 Å². The fourth-order valence-corrected chi connectivity index (χ4v) is 1.84. The van der Waals surface area contributed by atoms with E-state index in [0.717, 1.165) is 22.6 Å². The Labute approximate surface area is 114 Å². The molecule has 0 fully saturated rings. The van der Waals surface area contributed by atoms with Crippen molar-refractivity contribution < 1.29 is 14.3 Å². The Bertz CT molecular complexity index is 447. The van der Waals surface area contributed by atoms with Crippen molar-refractivity contribution in [1.29, 1.82) is 0 Å². The monoisotopic (exact) mass is 266 g/mol. The maximum Gasteiger partial charge on any atom is 0.224 e. The molecule has 0 aromatic heterocycles. The fraction of sp³-hybridized carbons (Fsp3) is 0.500. The van der Waals surface area contributed by atoms with E-state index in [1.165, 1.54) is 0 Å². The summed E-state index contributed by atoms with van der Waals surface area (Å²) >= 11 is 0. The first kappa shape index (κ1) is 15.3. The number of carbonyl (C=O) groups excluding carboxylic acids is 1. The number of ether oxygens (including phenoxy) is 2. The molecular weight excluding hydrogens is 244 g/mol. The third-order valence-corrected chi connectivity index (χ3v) is 3.12. The van der Waals surface area contributed by atoms with Gasteiger partial charge in [0.2, 0.25) is 5.91 Å². The van der Waals surface area contributed by atoms with Gasteiger partial charge in [-0.25, -0.2) is 0 Å². The van der Waals surface area contributed by atoms with E-state index in [1.54, 1.807) is 21.1 Å². The number of nitrogens with one attached hydrogen (secondary N) is 1. The van der Waals surface area contributed by atoms with Crippen LogP contribution in [0.1, 0.15) is 18.1 Å². The van der Waals surface area contributed by atoms with Crippen molar-refractivity contribution in [3.63, 3.8) is 0 Å². The fourth-order valence-electron chi connectivity index (χ4n) is 1.84. The second-order valence-electron chi connectivity index (χ2n) is 4.44. The molecule has 1 atom stereocenters. The van der Waals surface area contributed by atoms with Crippen LogP contribution >= 0.6 is 0 Å². The van der Waals surface area contributed by atoms with Gasteiger partial charge in [-0.1, -0.05) is 6.92 Å². The minimum atomic E-state index is -0.189. The van der Waals surface area contributed by atoms with E-state index in [-0.39, 0.29) is 11.8 Å². The van der Waals surface area contributed by atoms with Crippen molar-refractivity contribution in [3.05, 3.63) is 23.3 Å². The maximum atomic E-state index is 11.7. The topological polar surface area (TPSA) is 73.6 Å². The minimum absolute atomic E-state index is 0.0574. The van der Waals surface area contributed by atoms with Crippen LogP contribution < -0.4 is 20.5 Å². The lowest BCUT2D eigenvalue weighted by atomic mass is 10.1. The third-order valence-electron chi connectivity index (χ3n) is 3.12. The van der Waals surface area contributed by atoms with Crippen LogP contribution in [-0.4, -0.2) is 26.7 Å². The lowest BCUT2D eigenvalue weighted by Gasteiger charge is -2.16. The maximum absolute atomic E-state index is 11.7. The van der Waals surface area contributed by atoms with Gasteiger partial charge in [0.05, 0.1) is 14.2 Å². The first-order valence-corrected chi connectivity index (χ1v) is 6.23. The Morgan fingerprint density at radius 2 is 2.05 bits per heavy atom. The van der Waals surface area contributed by atoms with Gasteiger partial charge in [0.1, 0.15) is 11.5 Å². The van der Waals surface area contributed by atoms with Crippen LogP contribution in [0.15, 0.2) is 12.1 Å². The number of amides is 1. The van der Waals surface area contributed by atoms with Crippen LogP contribution in [0, 0.1) is 12.8 Å². The number of hydrogen-bond acceptors (Lipinski definition) is 4. The van der Waals surface area contributed by atoms with E-state index >= 15 is 0 Å². The summed E-state index contributed by atoms with van der Waals surface area (Å²) in [6.07, 6.45) is 0. The molecule has 5 nitrogen and oxygen atoms in total. The molecule has 106 valence electrons. The molecular formula is C14H22N2O3. The van der Waals surface area contributed by atoms with Crippen molar-refractivity contribution in [2.75, 3.05) is 20.8 Å². The summed E-state index contributed by atoms with van der Waals surface area (Å²) in [6, 6.07) is 3.75. The van der Waals surface area contributed by atoms with E-state index in [2.05, 4.69) is 5.32 Å². The van der Waals surface area contributed by atoms with Crippen LogP contribution in [0.4, 0.5) is 0 Å². The molecule has 1 aromatic carbocycles. The van der Waals surface area contributed by atoms with Crippen LogP contribution in [-0.2, 0) is 11.3 Å². The average Bonchev–Trinajstić information content (AvgIpc) is 2.43. The molecule has 19 heavy (non-hydrogen) atoms. The third kappa shape index (κ3) is 3.61. The van der Waals surface area contributed by atoms with Gasteiger partial charge in [0, 0.05) is 30.1 Å². The molecule has 5 heteroatoms. The lowest BCUT2D eigenvalue weighted by Crippen LogP contribution is -2.32. The molecule has 1 rings (SSSR count). The van der Waals surface area contributed by atoms with Crippen molar-refractivity contribution >= 4 is 5.91 Å². The Hall–Kier alpha value is -1.75. The zero-order valence-electron chi connectivity index (χ0n) is 11.9. The SMILES string of the molecule is COc1ccc(CNC(=O)C(C)CN)c(OC)c1C. The van der Waals surface area contributed by atoms with Gasteiger partial charge in [-0.15, -0.1) is 0 Å². The molecule has 1 aromatic rings. The summed E-state index contributed by atoms with van der Waals surface area (Å²) in [7, 11) is 3.22. The molecule has 1 amide bonds. The number of carbonyl (C=O) groups is 1. The van der Waals surface area contributed by atoms with Crippen LogP contribution in [0.3, 0.4) is 0 Å². The minimum Gasteiger partial charge on any atom is -0.496 e. The molecule has 0 bridgehead atoms. The van der Waals surface area contributed by atoms with E-state index in [9.17, 15) is 4.79 Å². The average molecular weight is 266 g/mol. The Morgan fingerprint density at radius 3 is 2.58 bits per heavy atom. The number of benzene rings is 1. The van der Waals surface area contributed by atoms with Gasteiger partial charge >= 0.3 is 0 Å². The highest BCUT2D eigenvalue weighted by Crippen LogP contribution is 2.31. The molecule has 0 saturated carbocycles. The highest BCUT2D eigenvalue weighted by Gasteiger charge is 2.14. The molecule has 0 saturated heterocycles. The Morgan fingerprint density at radius 1 is 1.37 bits per heavy atom. The second kappa shape index (κ2) is 6.99. The number of rotatable bonds is 6. The van der Waals surface area contributed by atoms with Gasteiger partial charge < -0.3 is 20.5 Å². The Kier molecular flexibility index (Phi) is 5.63. The van der Waals surface area contributed by atoms with Crippen molar-refractivity contribution in [2.45, 2.75) is 20.4 Å². The summed E-state index contributed by atoms with van der Waals surface area (Å²) < 4.78 is 10.6. The molecule has 0 aliphatic rings. The quantitative estimate of drug-likeness (QED) is 0.812. The normalized spacial score (nSPS) is 11.8. The molecule has 0 heterocycles. The molecule has 0 radical (unpaired) electrons. The summed E-state index contributed by atoms with van der Waals surface area (Å²) in [4.78, 5) is 11.7. The highest BCUT2D eigenvalue weighted by atomic mass is 16.5. The van der Waals surface area contributed by atoms with Gasteiger partial charge in [0.25, 0.3) is 0 Å². The Balaban J connectivity index is 2.84. The highest BCUT2D eigenvalue weighted by molar-refractivity contribution is 5.78. The molecule has 0 spiro atoms. The van der Waals surface area contributed by atoms with Crippen LogP contribution in [0.25, 0.3) is 0 Å². The number of nitrogens with two attached hydrogens (primary N) is 1. The van der Waals surface area contributed by atoms with E-state index in [4.69, 9.17) is 15.2 Å². The second-order valence-corrected chi connectivity index (χ2v) is 4.44. The molecule has 0 aliphatic carbocycles. The van der Waals surface area contributed by atoms with E-state index in [1.807, 2.05) is 19.1 Å². The van der Waals surface area contributed by atoms with E-state index < -0.39 is 0 Å². The van der Waals surface area contributed by atoms with Crippen molar-refractivity contribution in [2.24, 2.45) is 11.7 Å². The number of methoxy groups -OCH3 is 2. The molecule has 1 unspecified atom stereocenters. The number of hydrogen-bond donors (Lipinski definition) is 2.